The third kappa shape index (κ3) is 2.46. The molecule has 0 spiro atoms. The standard InChI is InChI=1S/C11H20N2/c1-4-10(5-2)13(6-3)11-7-8-12-9-11/h1,10-12H,5-9H2,2-3H3. The van der Waals surface area contributed by atoms with Crippen LogP contribution < -0.4 is 5.32 Å². The van der Waals surface area contributed by atoms with Crippen molar-refractivity contribution in [2.24, 2.45) is 0 Å². The van der Waals surface area contributed by atoms with Crippen molar-refractivity contribution in [2.45, 2.75) is 38.8 Å². The Morgan fingerprint density at radius 3 is 2.77 bits per heavy atom. The van der Waals surface area contributed by atoms with Crippen LogP contribution in [0.1, 0.15) is 26.7 Å². The minimum atomic E-state index is 0.329. The second-order valence-electron chi connectivity index (χ2n) is 3.57. The highest BCUT2D eigenvalue weighted by atomic mass is 15.2. The molecule has 0 bridgehead atoms. The molecule has 0 saturated carbocycles. The van der Waals surface area contributed by atoms with Gasteiger partial charge in [0.15, 0.2) is 0 Å². The van der Waals surface area contributed by atoms with Gasteiger partial charge in [0.25, 0.3) is 0 Å². The van der Waals surface area contributed by atoms with Crippen LogP contribution in [0.2, 0.25) is 0 Å². The van der Waals surface area contributed by atoms with Crippen molar-refractivity contribution in [3.63, 3.8) is 0 Å². The normalized spacial score (nSPS) is 24.6. The number of terminal acetylenes is 1. The fourth-order valence-electron chi connectivity index (χ4n) is 2.10. The van der Waals surface area contributed by atoms with Crippen LogP contribution in [0.15, 0.2) is 0 Å². The van der Waals surface area contributed by atoms with Gasteiger partial charge < -0.3 is 5.32 Å². The van der Waals surface area contributed by atoms with Gasteiger partial charge in [-0.15, -0.1) is 6.42 Å². The molecule has 0 aromatic carbocycles. The van der Waals surface area contributed by atoms with Crippen LogP contribution in [0.5, 0.6) is 0 Å². The Labute approximate surface area is 81.7 Å². The zero-order valence-corrected chi connectivity index (χ0v) is 8.71. The molecule has 0 radical (unpaired) electrons. The number of likely N-dealkylation sites (N-methyl/N-ethyl adjacent to an activating group) is 1. The highest BCUT2D eigenvalue weighted by molar-refractivity contribution is 5.01. The van der Waals surface area contributed by atoms with Crippen LogP contribution in [0.3, 0.4) is 0 Å². The number of hydrogen-bond acceptors (Lipinski definition) is 2. The van der Waals surface area contributed by atoms with E-state index in [4.69, 9.17) is 6.42 Å². The first-order chi connectivity index (χ1) is 6.33. The minimum absolute atomic E-state index is 0.329. The average Bonchev–Trinajstić information content (AvgIpc) is 2.66. The lowest BCUT2D eigenvalue weighted by Crippen LogP contribution is -2.43. The Kier molecular flexibility index (Phi) is 4.27. The largest absolute Gasteiger partial charge is 0.315 e. The lowest BCUT2D eigenvalue weighted by atomic mass is 10.1. The Morgan fingerprint density at radius 2 is 2.38 bits per heavy atom. The predicted molar refractivity (Wildman–Crippen MR) is 56.6 cm³/mol. The summed E-state index contributed by atoms with van der Waals surface area (Å²) in [5.41, 5.74) is 0. The molecular weight excluding hydrogens is 160 g/mol. The summed E-state index contributed by atoms with van der Waals surface area (Å²) in [4.78, 5) is 2.44. The topological polar surface area (TPSA) is 15.3 Å². The molecule has 1 saturated heterocycles. The quantitative estimate of drug-likeness (QED) is 0.651. The fourth-order valence-corrected chi connectivity index (χ4v) is 2.10. The van der Waals surface area contributed by atoms with E-state index in [0.29, 0.717) is 12.1 Å². The van der Waals surface area contributed by atoms with Crippen molar-refractivity contribution in [3.8, 4) is 12.3 Å². The van der Waals surface area contributed by atoms with E-state index in [1.807, 2.05) is 0 Å². The zero-order valence-electron chi connectivity index (χ0n) is 8.71. The molecule has 1 N–H and O–H groups in total. The molecule has 0 aromatic heterocycles. The van der Waals surface area contributed by atoms with Crippen LogP contribution in [0, 0.1) is 12.3 Å². The summed E-state index contributed by atoms with van der Waals surface area (Å²) in [6.45, 7) is 7.66. The van der Waals surface area contributed by atoms with Gasteiger partial charge in [-0.25, -0.2) is 0 Å². The average molecular weight is 180 g/mol. The number of nitrogens with zero attached hydrogens (tertiary/aromatic N) is 1. The maximum atomic E-state index is 5.52. The minimum Gasteiger partial charge on any atom is -0.315 e. The van der Waals surface area contributed by atoms with Gasteiger partial charge in [0.2, 0.25) is 0 Å². The highest BCUT2D eigenvalue weighted by Crippen LogP contribution is 2.13. The highest BCUT2D eigenvalue weighted by Gasteiger charge is 2.24. The van der Waals surface area contributed by atoms with Crippen molar-refractivity contribution in [3.05, 3.63) is 0 Å². The molecule has 2 heteroatoms. The van der Waals surface area contributed by atoms with Gasteiger partial charge in [-0.1, -0.05) is 19.8 Å². The van der Waals surface area contributed by atoms with E-state index < -0.39 is 0 Å². The van der Waals surface area contributed by atoms with Gasteiger partial charge in [0.05, 0.1) is 6.04 Å². The van der Waals surface area contributed by atoms with Gasteiger partial charge in [-0.3, -0.25) is 4.90 Å². The lowest BCUT2D eigenvalue weighted by molar-refractivity contribution is 0.181. The maximum Gasteiger partial charge on any atom is 0.0712 e. The Hall–Kier alpha value is -0.520. The summed E-state index contributed by atoms with van der Waals surface area (Å²) < 4.78 is 0. The SMILES string of the molecule is C#CC(CC)N(CC)C1CCNC1. The van der Waals surface area contributed by atoms with E-state index in [0.717, 1.165) is 26.1 Å². The molecule has 1 fully saturated rings. The van der Waals surface area contributed by atoms with E-state index in [1.54, 1.807) is 0 Å². The molecule has 1 aliphatic heterocycles. The van der Waals surface area contributed by atoms with E-state index in [1.165, 1.54) is 6.42 Å². The van der Waals surface area contributed by atoms with E-state index in [2.05, 4.69) is 30.0 Å². The molecule has 74 valence electrons. The van der Waals surface area contributed by atoms with E-state index in [9.17, 15) is 0 Å². The summed E-state index contributed by atoms with van der Waals surface area (Å²) in [5.74, 6) is 2.88. The first-order valence-electron chi connectivity index (χ1n) is 5.26. The first-order valence-corrected chi connectivity index (χ1v) is 5.26. The molecule has 2 nitrogen and oxygen atoms in total. The second kappa shape index (κ2) is 5.26. The third-order valence-electron chi connectivity index (χ3n) is 2.85. The van der Waals surface area contributed by atoms with Gasteiger partial charge in [-0.05, 0) is 25.9 Å². The summed E-state index contributed by atoms with van der Waals surface area (Å²) >= 11 is 0. The van der Waals surface area contributed by atoms with Crippen molar-refractivity contribution in [1.82, 2.24) is 10.2 Å². The van der Waals surface area contributed by atoms with Crippen molar-refractivity contribution in [2.75, 3.05) is 19.6 Å². The van der Waals surface area contributed by atoms with Gasteiger partial charge in [0, 0.05) is 12.6 Å². The molecule has 13 heavy (non-hydrogen) atoms. The number of nitrogens with one attached hydrogen (secondary N) is 1. The summed E-state index contributed by atoms with van der Waals surface area (Å²) in [5, 5.41) is 3.38. The van der Waals surface area contributed by atoms with Crippen molar-refractivity contribution in [1.29, 1.82) is 0 Å². The molecule has 2 atom stereocenters. The molecule has 0 aliphatic carbocycles. The van der Waals surface area contributed by atoms with Gasteiger partial charge in [0.1, 0.15) is 0 Å². The Balaban J connectivity index is 2.54. The summed E-state index contributed by atoms with van der Waals surface area (Å²) in [6.07, 6.45) is 7.81. The fraction of sp³-hybridized carbons (Fsp3) is 0.818. The van der Waals surface area contributed by atoms with Crippen molar-refractivity contribution >= 4 is 0 Å². The lowest BCUT2D eigenvalue weighted by Gasteiger charge is -2.31. The third-order valence-corrected chi connectivity index (χ3v) is 2.85. The smallest absolute Gasteiger partial charge is 0.0712 e. The van der Waals surface area contributed by atoms with Crippen LogP contribution >= 0.6 is 0 Å². The van der Waals surface area contributed by atoms with Crippen LogP contribution in [0.4, 0.5) is 0 Å². The zero-order chi connectivity index (χ0) is 9.68. The van der Waals surface area contributed by atoms with Crippen LogP contribution in [-0.4, -0.2) is 36.6 Å². The maximum absolute atomic E-state index is 5.52. The number of rotatable bonds is 4. The van der Waals surface area contributed by atoms with E-state index >= 15 is 0 Å². The van der Waals surface area contributed by atoms with Crippen LogP contribution in [-0.2, 0) is 0 Å². The molecule has 0 aromatic rings. The van der Waals surface area contributed by atoms with Gasteiger partial charge >= 0.3 is 0 Å². The molecule has 1 heterocycles. The van der Waals surface area contributed by atoms with Crippen LogP contribution in [0.25, 0.3) is 0 Å². The van der Waals surface area contributed by atoms with Crippen molar-refractivity contribution < 1.29 is 0 Å². The molecular formula is C11H20N2. The first kappa shape index (κ1) is 10.6. The summed E-state index contributed by atoms with van der Waals surface area (Å²) in [6, 6.07) is 0.987. The van der Waals surface area contributed by atoms with Gasteiger partial charge in [-0.2, -0.15) is 0 Å². The molecule has 1 aliphatic rings. The monoisotopic (exact) mass is 180 g/mol. The summed E-state index contributed by atoms with van der Waals surface area (Å²) in [7, 11) is 0. The molecule has 1 rings (SSSR count). The predicted octanol–water partition coefficient (Wildman–Crippen LogP) is 1.08. The Bertz CT molecular complexity index is 177. The second-order valence-corrected chi connectivity index (χ2v) is 3.57. The Morgan fingerprint density at radius 1 is 1.62 bits per heavy atom. The number of hydrogen-bond donors (Lipinski definition) is 1. The molecule has 2 unspecified atom stereocenters. The molecule has 0 amide bonds. The van der Waals surface area contributed by atoms with E-state index in [-0.39, 0.29) is 0 Å².